The van der Waals surface area contributed by atoms with E-state index in [9.17, 15) is 42.1 Å². The lowest BCUT2D eigenvalue weighted by Crippen LogP contribution is -2.23. The van der Waals surface area contributed by atoms with E-state index < -0.39 is 86.6 Å². The predicted molar refractivity (Wildman–Crippen MR) is 143 cm³/mol. The number of benzene rings is 3. The fraction of sp³-hybridized carbons (Fsp3) is 0. The van der Waals surface area contributed by atoms with Crippen molar-refractivity contribution in [3.8, 4) is 18.2 Å². The number of nitriles is 3. The normalized spacial score (nSPS) is 13.2. The van der Waals surface area contributed by atoms with Gasteiger partial charge in [-0.15, -0.1) is 0 Å². The van der Waals surface area contributed by atoms with Gasteiger partial charge < -0.3 is 0 Å². The van der Waals surface area contributed by atoms with Crippen LogP contribution in [0.3, 0.4) is 0 Å². The Labute approximate surface area is 260 Å². The van der Waals surface area contributed by atoms with E-state index in [2.05, 4.69) is 44.9 Å². The Morgan fingerprint density at radius 2 is 0.562 bits per heavy atom. The van der Waals surface area contributed by atoms with Crippen molar-refractivity contribution in [2.75, 3.05) is 0 Å². The molecule has 4 aromatic rings. The first-order chi connectivity index (χ1) is 23.1. The summed E-state index contributed by atoms with van der Waals surface area (Å²) in [5, 5.41) is 29.6. The van der Waals surface area contributed by atoms with Gasteiger partial charge in [-0.2, -0.15) is 15.8 Å². The van der Waals surface area contributed by atoms with Crippen molar-refractivity contribution in [3.63, 3.8) is 0 Å². The maximum Gasteiger partial charge on any atom is 0.178 e. The average Bonchev–Trinajstić information content (AvgIpc) is 3.76. The van der Waals surface area contributed by atoms with E-state index in [1.807, 2.05) is 0 Å². The monoisotopic (exact) mass is 648 g/mol. The molecule has 48 heavy (non-hydrogen) atoms. The zero-order valence-corrected chi connectivity index (χ0v) is 23.1. The maximum absolute atomic E-state index is 13.9. The molecular formula is C30H6F6N12. The Morgan fingerprint density at radius 3 is 0.729 bits per heavy atom. The largest absolute Gasteiger partial charge is 0.225 e. The minimum atomic E-state index is -1.23. The van der Waals surface area contributed by atoms with Crippen molar-refractivity contribution < 1.29 is 26.3 Å². The third-order valence-corrected chi connectivity index (χ3v) is 6.72. The number of fused-ring (bicyclic) bond motifs is 3. The second kappa shape index (κ2) is 11.0. The molecule has 0 amide bonds. The summed E-state index contributed by atoms with van der Waals surface area (Å²) in [4.78, 5) is 36.7. The number of allylic oxidation sites excluding steroid dienone is 3. The molecule has 12 nitrogen and oxygen atoms in total. The SMILES string of the molecule is N#CC(=C1N=c2cc(F)c(F)cc2=N1)c1nc(C(C#N)=C2N=c3cc(F)c(F)cc3=N2)nc(C(C#N)=C2N=c3cc(F)c(F)cc3=N2)n1. The van der Waals surface area contributed by atoms with Crippen LogP contribution in [0.4, 0.5) is 26.3 Å². The predicted octanol–water partition coefficient (Wildman–Crippen LogP) is 1.14. The van der Waals surface area contributed by atoms with Crippen LogP contribution in [0.5, 0.6) is 0 Å². The number of nitrogens with zero attached hydrogens (tertiary/aromatic N) is 12. The third kappa shape index (κ3) is 4.84. The lowest BCUT2D eigenvalue weighted by atomic mass is 10.2. The van der Waals surface area contributed by atoms with Crippen LogP contribution in [0, 0.1) is 68.9 Å². The summed E-state index contributed by atoms with van der Waals surface area (Å²) in [6, 6.07) is 9.81. The molecule has 0 unspecified atom stereocenters. The van der Waals surface area contributed by atoms with Crippen molar-refractivity contribution in [3.05, 3.63) is 138 Å². The van der Waals surface area contributed by atoms with Gasteiger partial charge in [-0.05, 0) is 0 Å². The second-order valence-electron chi connectivity index (χ2n) is 9.67. The van der Waals surface area contributed by atoms with Crippen LogP contribution in [0.15, 0.2) is 83.8 Å². The van der Waals surface area contributed by atoms with Crippen molar-refractivity contribution in [2.24, 2.45) is 30.0 Å². The third-order valence-electron chi connectivity index (χ3n) is 6.72. The summed E-state index contributed by atoms with van der Waals surface area (Å²) in [5.41, 5.74) is -1.54. The highest BCUT2D eigenvalue weighted by molar-refractivity contribution is 5.82. The number of hydrogen-bond donors (Lipinski definition) is 0. The molecule has 1 aromatic heterocycles. The first-order valence-corrected chi connectivity index (χ1v) is 13.0. The summed E-state index contributed by atoms with van der Waals surface area (Å²) < 4.78 is 83.2. The average molecular weight is 648 g/mol. The lowest BCUT2D eigenvalue weighted by Gasteiger charge is -2.07. The molecule has 4 heterocycles. The quantitative estimate of drug-likeness (QED) is 0.237. The standard InChI is InChI=1S/C30H6F6N12/c31-13-1-19-20(2-14(13)32)41-25(40-19)10(7-37)28-46-29(11(8-38)26-42-21-3-15(33)16(34)4-22(21)43-26)48-30(47-28)12(9-39)27-44-23-5-17(35)18(36)6-24(23)45-27/h1-6H. The van der Waals surface area contributed by atoms with Gasteiger partial charge in [-0.25, -0.2) is 71.2 Å². The van der Waals surface area contributed by atoms with Crippen LogP contribution in [0.25, 0.3) is 16.7 Å². The Hall–Kier alpha value is -7.26. The second-order valence-corrected chi connectivity index (χ2v) is 9.67. The van der Waals surface area contributed by atoms with Crippen molar-refractivity contribution in [1.82, 2.24) is 15.0 Å². The summed E-state index contributed by atoms with van der Waals surface area (Å²) in [5.74, 6) is -10.3. The molecular weight excluding hydrogens is 642 g/mol. The van der Waals surface area contributed by atoms with E-state index in [0.717, 1.165) is 36.4 Å². The molecule has 0 N–H and O–H groups in total. The number of hydrogen-bond acceptors (Lipinski definition) is 12. The van der Waals surface area contributed by atoms with Gasteiger partial charge in [0, 0.05) is 36.4 Å². The van der Waals surface area contributed by atoms with E-state index in [1.54, 1.807) is 18.2 Å². The molecule has 0 fully saturated rings. The first kappa shape index (κ1) is 29.5. The Kier molecular flexibility index (Phi) is 6.73. The minimum Gasteiger partial charge on any atom is -0.225 e. The Morgan fingerprint density at radius 1 is 0.375 bits per heavy atom. The fourth-order valence-corrected chi connectivity index (χ4v) is 4.52. The van der Waals surface area contributed by atoms with Gasteiger partial charge in [0.15, 0.2) is 69.8 Å². The zero-order chi connectivity index (χ0) is 33.9. The molecule has 228 valence electrons. The van der Waals surface area contributed by atoms with E-state index in [1.165, 1.54) is 0 Å². The van der Waals surface area contributed by atoms with E-state index in [0.29, 0.717) is 0 Å². The summed E-state index contributed by atoms with van der Waals surface area (Å²) >= 11 is 0. The molecule has 0 atom stereocenters. The summed E-state index contributed by atoms with van der Waals surface area (Å²) in [6.45, 7) is 0. The van der Waals surface area contributed by atoms with Gasteiger partial charge in [0.2, 0.25) is 0 Å². The van der Waals surface area contributed by atoms with Gasteiger partial charge in [-0.1, -0.05) is 0 Å². The molecule has 18 heteroatoms. The van der Waals surface area contributed by atoms with Gasteiger partial charge >= 0.3 is 0 Å². The lowest BCUT2D eigenvalue weighted by molar-refractivity contribution is 0.506. The Balaban J connectivity index is 1.50. The summed E-state index contributed by atoms with van der Waals surface area (Å²) in [7, 11) is 0. The van der Waals surface area contributed by atoms with Crippen molar-refractivity contribution in [2.45, 2.75) is 0 Å². The molecule has 3 aliphatic rings. The number of rotatable bonds is 3. The molecule has 7 rings (SSSR count). The van der Waals surface area contributed by atoms with Crippen molar-refractivity contribution in [1.29, 1.82) is 15.8 Å². The van der Waals surface area contributed by atoms with Crippen LogP contribution in [-0.2, 0) is 0 Å². The van der Waals surface area contributed by atoms with Crippen LogP contribution in [-0.4, -0.2) is 15.0 Å². The Bertz CT molecular complexity index is 2390. The molecule has 3 aliphatic heterocycles. The van der Waals surface area contributed by atoms with Gasteiger partial charge in [0.1, 0.15) is 34.9 Å². The first-order valence-electron chi connectivity index (χ1n) is 13.0. The molecule has 0 aliphatic carbocycles. The summed E-state index contributed by atoms with van der Waals surface area (Å²) in [6.07, 6.45) is 0. The van der Waals surface area contributed by atoms with Crippen LogP contribution >= 0.6 is 0 Å². The van der Waals surface area contributed by atoms with Gasteiger partial charge in [0.05, 0.1) is 32.1 Å². The van der Waals surface area contributed by atoms with E-state index in [4.69, 9.17) is 0 Å². The number of halogens is 6. The number of aromatic nitrogens is 3. The van der Waals surface area contributed by atoms with Crippen LogP contribution in [0.2, 0.25) is 0 Å². The molecule has 3 aromatic carbocycles. The smallest absolute Gasteiger partial charge is 0.178 e. The molecule has 0 spiro atoms. The molecule has 0 saturated carbocycles. The van der Waals surface area contributed by atoms with Crippen molar-refractivity contribution >= 4 is 16.7 Å². The van der Waals surface area contributed by atoms with Crippen LogP contribution < -0.4 is 32.1 Å². The molecule has 0 saturated heterocycles. The topological polar surface area (TPSA) is 184 Å². The minimum absolute atomic E-state index is 0.132. The maximum atomic E-state index is 13.9. The fourth-order valence-electron chi connectivity index (χ4n) is 4.52. The van der Waals surface area contributed by atoms with E-state index in [-0.39, 0.29) is 32.1 Å². The highest BCUT2D eigenvalue weighted by Crippen LogP contribution is 2.26. The van der Waals surface area contributed by atoms with Gasteiger partial charge in [0.25, 0.3) is 0 Å². The highest BCUT2D eigenvalue weighted by atomic mass is 19.2. The molecule has 0 radical (unpaired) electrons. The highest BCUT2D eigenvalue weighted by Gasteiger charge is 2.25. The van der Waals surface area contributed by atoms with Gasteiger partial charge in [-0.3, -0.25) is 0 Å². The van der Waals surface area contributed by atoms with E-state index >= 15 is 0 Å². The zero-order valence-electron chi connectivity index (χ0n) is 23.1. The van der Waals surface area contributed by atoms with Crippen LogP contribution in [0.1, 0.15) is 17.5 Å². The molecule has 0 bridgehead atoms.